The van der Waals surface area contributed by atoms with Crippen molar-refractivity contribution in [3.05, 3.63) is 204 Å². The molecular formula is C54H42N2. The van der Waals surface area contributed by atoms with Gasteiger partial charge in [0.05, 0.1) is 11.4 Å². The van der Waals surface area contributed by atoms with E-state index in [2.05, 4.69) is 219 Å². The topological polar surface area (TPSA) is 6.48 Å². The lowest BCUT2D eigenvalue weighted by atomic mass is 9.93. The van der Waals surface area contributed by atoms with Gasteiger partial charge in [-0.2, -0.15) is 0 Å². The minimum atomic E-state index is 1.14. The number of anilines is 6. The number of aryl methyl sites for hydroxylation is 4. The van der Waals surface area contributed by atoms with Crippen molar-refractivity contribution in [1.82, 2.24) is 0 Å². The van der Waals surface area contributed by atoms with Gasteiger partial charge in [-0.1, -0.05) is 121 Å². The quantitative estimate of drug-likeness (QED) is 0.158. The summed E-state index contributed by atoms with van der Waals surface area (Å²) in [5, 5.41) is 12.2. The Morgan fingerprint density at radius 1 is 0.250 bits per heavy atom. The van der Waals surface area contributed by atoms with E-state index in [9.17, 15) is 0 Å². The van der Waals surface area contributed by atoms with E-state index in [1.54, 1.807) is 0 Å². The maximum atomic E-state index is 2.47. The fourth-order valence-corrected chi connectivity index (χ4v) is 8.93. The van der Waals surface area contributed by atoms with Gasteiger partial charge in [0, 0.05) is 33.5 Å². The summed E-state index contributed by atoms with van der Waals surface area (Å²) in [5.41, 5.74) is 11.9. The van der Waals surface area contributed by atoms with Crippen LogP contribution in [0.5, 0.6) is 0 Å². The van der Waals surface area contributed by atoms with Crippen LogP contribution < -0.4 is 9.80 Å². The number of nitrogens with zero attached hydrogens (tertiary/aromatic N) is 2. The number of hydrogen-bond acceptors (Lipinski definition) is 2. The van der Waals surface area contributed by atoms with E-state index >= 15 is 0 Å². The molecule has 0 heterocycles. The summed E-state index contributed by atoms with van der Waals surface area (Å²) >= 11 is 0. The molecule has 0 saturated heterocycles. The van der Waals surface area contributed by atoms with Gasteiger partial charge in [-0.25, -0.2) is 0 Å². The smallest absolute Gasteiger partial charge is 0.0546 e. The molecule has 268 valence electrons. The zero-order valence-corrected chi connectivity index (χ0v) is 32.2. The van der Waals surface area contributed by atoms with Gasteiger partial charge in [-0.05, 0) is 154 Å². The first-order valence-electron chi connectivity index (χ1n) is 19.5. The second-order valence-corrected chi connectivity index (χ2v) is 15.4. The maximum Gasteiger partial charge on any atom is 0.0546 e. The van der Waals surface area contributed by atoms with Gasteiger partial charge < -0.3 is 9.80 Å². The van der Waals surface area contributed by atoms with E-state index in [-0.39, 0.29) is 0 Å². The SMILES string of the molecule is Cc1cc(C)cc(N(c2ccc3ccccc3c2)c2cc3c4ccccc4c(N(c4cc(C)cc(C)c4)c4ccc5ccccc5c4)cc3c3ccccc23)c1. The molecule has 0 atom stereocenters. The summed E-state index contributed by atoms with van der Waals surface area (Å²) in [7, 11) is 0. The highest BCUT2D eigenvalue weighted by atomic mass is 15.2. The van der Waals surface area contributed by atoms with Crippen LogP contribution in [0.15, 0.2) is 182 Å². The number of rotatable bonds is 6. The third-order valence-electron chi connectivity index (χ3n) is 11.2. The Morgan fingerprint density at radius 3 is 0.982 bits per heavy atom. The fourth-order valence-electron chi connectivity index (χ4n) is 8.93. The highest BCUT2D eigenvalue weighted by molar-refractivity contribution is 6.24. The summed E-state index contributed by atoms with van der Waals surface area (Å²) in [6.45, 7) is 8.78. The zero-order valence-electron chi connectivity index (χ0n) is 32.2. The Hall–Kier alpha value is -6.90. The van der Waals surface area contributed by atoms with Crippen LogP contribution in [0.1, 0.15) is 22.3 Å². The molecule has 0 bridgehead atoms. The second kappa shape index (κ2) is 13.4. The zero-order chi connectivity index (χ0) is 37.9. The van der Waals surface area contributed by atoms with Crippen molar-refractivity contribution >= 4 is 88.0 Å². The minimum absolute atomic E-state index is 1.14. The van der Waals surface area contributed by atoms with E-state index in [1.807, 2.05) is 0 Å². The van der Waals surface area contributed by atoms with Crippen molar-refractivity contribution in [3.63, 3.8) is 0 Å². The number of fused-ring (bicyclic) bond motifs is 7. The van der Waals surface area contributed by atoms with Crippen molar-refractivity contribution in [3.8, 4) is 0 Å². The first-order valence-corrected chi connectivity index (χ1v) is 19.5. The summed E-state index contributed by atoms with van der Waals surface area (Å²) in [6, 6.07) is 67.5. The van der Waals surface area contributed by atoms with Gasteiger partial charge >= 0.3 is 0 Å². The summed E-state index contributed by atoms with van der Waals surface area (Å²) < 4.78 is 0. The Labute approximate surface area is 328 Å². The highest BCUT2D eigenvalue weighted by Gasteiger charge is 2.23. The second-order valence-electron chi connectivity index (χ2n) is 15.4. The molecule has 0 aliphatic rings. The lowest BCUT2D eigenvalue weighted by molar-refractivity contribution is 1.27. The Balaban J connectivity index is 1.29. The molecule has 0 aromatic heterocycles. The van der Waals surface area contributed by atoms with Crippen molar-refractivity contribution in [2.24, 2.45) is 0 Å². The van der Waals surface area contributed by atoms with E-state index in [0.717, 1.165) is 34.1 Å². The van der Waals surface area contributed by atoms with Crippen molar-refractivity contribution in [2.45, 2.75) is 27.7 Å². The first kappa shape index (κ1) is 33.7. The molecule has 0 fully saturated rings. The summed E-state index contributed by atoms with van der Waals surface area (Å²) in [4.78, 5) is 4.93. The third-order valence-corrected chi connectivity index (χ3v) is 11.2. The largest absolute Gasteiger partial charge is 0.310 e. The molecule has 2 heteroatoms. The van der Waals surface area contributed by atoms with Gasteiger partial charge in [-0.15, -0.1) is 0 Å². The molecule has 0 spiro atoms. The molecule has 0 N–H and O–H groups in total. The lowest BCUT2D eigenvalue weighted by Gasteiger charge is -2.30. The molecule has 0 aliphatic carbocycles. The van der Waals surface area contributed by atoms with Crippen LogP contribution in [-0.4, -0.2) is 0 Å². The molecule has 0 amide bonds. The normalized spacial score (nSPS) is 11.6. The monoisotopic (exact) mass is 718 g/mol. The van der Waals surface area contributed by atoms with Crippen LogP contribution >= 0.6 is 0 Å². The molecular weight excluding hydrogens is 677 g/mol. The highest BCUT2D eigenvalue weighted by Crippen LogP contribution is 2.48. The molecule has 0 radical (unpaired) electrons. The minimum Gasteiger partial charge on any atom is -0.310 e. The van der Waals surface area contributed by atoms with Crippen molar-refractivity contribution in [1.29, 1.82) is 0 Å². The molecule has 0 aliphatic heterocycles. The predicted molar refractivity (Wildman–Crippen MR) is 242 cm³/mol. The average Bonchev–Trinajstić information content (AvgIpc) is 3.20. The molecule has 10 aromatic carbocycles. The Bertz CT molecular complexity index is 2900. The summed E-state index contributed by atoms with van der Waals surface area (Å²) in [5.74, 6) is 0. The standard InChI is InChI=1S/C54H42N2/c1-35-25-36(2)28-45(27-35)55(43-23-21-39-13-5-7-15-41(39)31-43)53-33-51-48-18-10-12-20-50(48)54(34-52(51)47-17-9-11-19-49(47)53)56(46-29-37(3)26-38(4)30-46)44-24-22-40-14-6-8-16-42(40)32-44/h5-34H,1-4H3. The van der Waals surface area contributed by atoms with Gasteiger partial charge in [0.15, 0.2) is 0 Å². The predicted octanol–water partition coefficient (Wildman–Crippen LogP) is 15.6. The number of hydrogen-bond donors (Lipinski definition) is 0. The van der Waals surface area contributed by atoms with Crippen LogP contribution in [0.3, 0.4) is 0 Å². The average molecular weight is 719 g/mol. The molecule has 2 nitrogen and oxygen atoms in total. The third kappa shape index (κ3) is 5.82. The van der Waals surface area contributed by atoms with Gasteiger partial charge in [0.1, 0.15) is 0 Å². The van der Waals surface area contributed by atoms with Gasteiger partial charge in [-0.3, -0.25) is 0 Å². The number of benzene rings is 10. The molecule has 10 rings (SSSR count). The van der Waals surface area contributed by atoms with Gasteiger partial charge in [0.2, 0.25) is 0 Å². The van der Waals surface area contributed by atoms with Crippen LogP contribution in [0, 0.1) is 27.7 Å². The Morgan fingerprint density at radius 2 is 0.589 bits per heavy atom. The van der Waals surface area contributed by atoms with Crippen molar-refractivity contribution in [2.75, 3.05) is 9.80 Å². The van der Waals surface area contributed by atoms with Crippen LogP contribution in [0.2, 0.25) is 0 Å². The lowest BCUT2D eigenvalue weighted by Crippen LogP contribution is -2.12. The van der Waals surface area contributed by atoms with E-state index < -0.39 is 0 Å². The van der Waals surface area contributed by atoms with Crippen LogP contribution in [0.4, 0.5) is 34.1 Å². The fraction of sp³-hybridized carbons (Fsp3) is 0.0741. The van der Waals surface area contributed by atoms with E-state index in [0.29, 0.717) is 0 Å². The van der Waals surface area contributed by atoms with E-state index in [1.165, 1.54) is 76.1 Å². The van der Waals surface area contributed by atoms with Crippen molar-refractivity contribution < 1.29 is 0 Å². The van der Waals surface area contributed by atoms with Gasteiger partial charge in [0.25, 0.3) is 0 Å². The maximum absolute atomic E-state index is 2.47. The molecule has 0 saturated carbocycles. The molecule has 10 aromatic rings. The van der Waals surface area contributed by atoms with E-state index in [4.69, 9.17) is 0 Å². The first-order chi connectivity index (χ1) is 27.4. The molecule has 0 unspecified atom stereocenters. The van der Waals surface area contributed by atoms with Crippen LogP contribution in [-0.2, 0) is 0 Å². The summed E-state index contributed by atoms with van der Waals surface area (Å²) in [6.07, 6.45) is 0. The van der Waals surface area contributed by atoms with Crippen LogP contribution in [0.25, 0.3) is 53.9 Å². The Kier molecular flexibility index (Phi) is 8.08. The molecule has 56 heavy (non-hydrogen) atoms.